The van der Waals surface area contributed by atoms with Gasteiger partial charge in [0.05, 0.1) is 5.69 Å². The van der Waals surface area contributed by atoms with E-state index in [4.69, 9.17) is 9.84 Å². The summed E-state index contributed by atoms with van der Waals surface area (Å²) in [5.41, 5.74) is 1.60. The largest absolute Gasteiger partial charge is 0.480 e. The number of amides is 1. The molecular formula is C15H19NO4. The highest BCUT2D eigenvalue weighted by Gasteiger charge is 2.34. The van der Waals surface area contributed by atoms with Gasteiger partial charge in [-0.2, -0.15) is 0 Å². The van der Waals surface area contributed by atoms with E-state index in [-0.39, 0.29) is 12.5 Å². The molecule has 0 bridgehead atoms. The lowest BCUT2D eigenvalue weighted by molar-refractivity contribution is -0.137. The van der Waals surface area contributed by atoms with Crippen LogP contribution in [-0.2, 0) is 9.59 Å². The summed E-state index contributed by atoms with van der Waals surface area (Å²) in [6, 6.07) is 5.60. The van der Waals surface area contributed by atoms with Crippen LogP contribution >= 0.6 is 0 Å². The molecule has 0 fully saturated rings. The fourth-order valence-electron chi connectivity index (χ4n) is 2.26. The van der Waals surface area contributed by atoms with Gasteiger partial charge in [-0.3, -0.25) is 14.5 Å². The van der Waals surface area contributed by atoms with Crippen molar-refractivity contribution in [1.29, 1.82) is 0 Å². The van der Waals surface area contributed by atoms with Crippen LogP contribution in [0.5, 0.6) is 5.75 Å². The van der Waals surface area contributed by atoms with Crippen LogP contribution in [0.3, 0.4) is 0 Å². The molecule has 1 aromatic carbocycles. The number of carboxylic acids is 1. The number of benzene rings is 1. The first-order valence-electron chi connectivity index (χ1n) is 6.77. The van der Waals surface area contributed by atoms with Gasteiger partial charge in [-0.25, -0.2) is 0 Å². The molecule has 1 atom stereocenters. The van der Waals surface area contributed by atoms with Crippen molar-refractivity contribution in [1.82, 2.24) is 0 Å². The number of carbonyl (C=O) groups excluding carboxylic acids is 1. The third-order valence-corrected chi connectivity index (χ3v) is 3.42. The molecule has 5 nitrogen and oxygen atoms in total. The van der Waals surface area contributed by atoms with Crippen molar-refractivity contribution in [2.75, 3.05) is 11.4 Å². The van der Waals surface area contributed by atoms with Crippen LogP contribution in [0.1, 0.15) is 38.7 Å². The number of hydrogen-bond acceptors (Lipinski definition) is 3. The van der Waals surface area contributed by atoms with Gasteiger partial charge < -0.3 is 9.84 Å². The van der Waals surface area contributed by atoms with Gasteiger partial charge in [0.25, 0.3) is 5.91 Å². The molecule has 0 saturated heterocycles. The van der Waals surface area contributed by atoms with Crippen LogP contribution in [0.25, 0.3) is 0 Å². The van der Waals surface area contributed by atoms with E-state index in [0.717, 1.165) is 5.56 Å². The first-order valence-corrected chi connectivity index (χ1v) is 6.77. The average Bonchev–Trinajstić information content (AvgIpc) is 2.40. The molecule has 0 spiro atoms. The smallest absolute Gasteiger partial charge is 0.323 e. The zero-order chi connectivity index (χ0) is 14.9. The van der Waals surface area contributed by atoms with E-state index < -0.39 is 12.1 Å². The lowest BCUT2D eigenvalue weighted by Gasteiger charge is -2.33. The number of rotatable bonds is 4. The van der Waals surface area contributed by atoms with Gasteiger partial charge in [0.2, 0.25) is 0 Å². The van der Waals surface area contributed by atoms with Gasteiger partial charge >= 0.3 is 5.97 Å². The molecule has 1 aromatic rings. The molecular weight excluding hydrogens is 258 g/mol. The number of fused-ring (bicyclic) bond motifs is 1. The Balaban J connectivity index is 2.47. The summed E-state index contributed by atoms with van der Waals surface area (Å²) >= 11 is 0. The Bertz CT molecular complexity index is 539. The summed E-state index contributed by atoms with van der Waals surface area (Å²) in [5, 5.41) is 9.01. The molecule has 20 heavy (non-hydrogen) atoms. The van der Waals surface area contributed by atoms with Gasteiger partial charge in [0, 0.05) is 0 Å². The zero-order valence-electron chi connectivity index (χ0n) is 11.9. The number of ether oxygens (including phenoxy) is 1. The molecule has 1 amide bonds. The molecule has 1 aliphatic rings. The van der Waals surface area contributed by atoms with Crippen LogP contribution in [0.4, 0.5) is 5.69 Å². The normalized spacial score (nSPS) is 17.9. The topological polar surface area (TPSA) is 66.8 Å². The highest BCUT2D eigenvalue weighted by molar-refractivity contribution is 6.03. The molecule has 1 unspecified atom stereocenters. The van der Waals surface area contributed by atoms with E-state index in [1.165, 1.54) is 4.90 Å². The molecule has 108 valence electrons. The highest BCUT2D eigenvalue weighted by atomic mass is 16.5. The van der Waals surface area contributed by atoms with Crippen LogP contribution in [0, 0.1) is 0 Å². The van der Waals surface area contributed by atoms with Crippen molar-refractivity contribution in [3.05, 3.63) is 23.8 Å². The van der Waals surface area contributed by atoms with Crippen LogP contribution in [-0.4, -0.2) is 29.6 Å². The van der Waals surface area contributed by atoms with Gasteiger partial charge in [-0.15, -0.1) is 0 Å². The van der Waals surface area contributed by atoms with E-state index in [1.54, 1.807) is 0 Å². The van der Waals surface area contributed by atoms with Gasteiger partial charge in [0.1, 0.15) is 12.3 Å². The minimum Gasteiger partial charge on any atom is -0.480 e. The van der Waals surface area contributed by atoms with E-state index in [9.17, 15) is 9.59 Å². The molecule has 0 radical (unpaired) electrons. The standard InChI is InChI=1S/C15H19NO4/c1-4-12-15(19)16(8-14(17)18)11-7-10(9(2)3)5-6-13(11)20-12/h5-7,9,12H,4,8H2,1-3H3,(H,17,18). The predicted octanol–water partition coefficient (Wildman–Crippen LogP) is 2.40. The lowest BCUT2D eigenvalue weighted by Crippen LogP contribution is -2.47. The Hall–Kier alpha value is -2.04. The molecule has 1 N–H and O–H groups in total. The fourth-order valence-corrected chi connectivity index (χ4v) is 2.26. The van der Waals surface area contributed by atoms with Crippen LogP contribution in [0.15, 0.2) is 18.2 Å². The quantitative estimate of drug-likeness (QED) is 0.917. The maximum atomic E-state index is 12.3. The molecule has 2 rings (SSSR count). The third-order valence-electron chi connectivity index (χ3n) is 3.42. The van der Waals surface area contributed by atoms with E-state index in [1.807, 2.05) is 39.0 Å². The second kappa shape index (κ2) is 5.53. The summed E-state index contributed by atoms with van der Waals surface area (Å²) in [4.78, 5) is 24.6. The van der Waals surface area contributed by atoms with Crippen LogP contribution in [0.2, 0.25) is 0 Å². The minimum absolute atomic E-state index is 0.289. The second-order valence-corrected chi connectivity index (χ2v) is 5.21. The summed E-state index contributed by atoms with van der Waals surface area (Å²) in [5.74, 6) is -0.451. The second-order valence-electron chi connectivity index (χ2n) is 5.21. The van der Waals surface area contributed by atoms with Crippen molar-refractivity contribution in [3.63, 3.8) is 0 Å². The summed E-state index contributed by atoms with van der Waals surface area (Å²) in [6.45, 7) is 5.59. The Kier molecular flexibility index (Phi) is 3.97. The van der Waals surface area contributed by atoms with Crippen molar-refractivity contribution >= 4 is 17.6 Å². The van der Waals surface area contributed by atoms with E-state index in [0.29, 0.717) is 23.8 Å². The molecule has 0 saturated carbocycles. The first-order chi connectivity index (χ1) is 9.43. The van der Waals surface area contributed by atoms with Crippen molar-refractivity contribution in [3.8, 4) is 5.75 Å². The van der Waals surface area contributed by atoms with Crippen molar-refractivity contribution in [2.24, 2.45) is 0 Å². The van der Waals surface area contributed by atoms with Crippen molar-refractivity contribution < 1.29 is 19.4 Å². The maximum absolute atomic E-state index is 12.3. The first kappa shape index (κ1) is 14.4. The van der Waals surface area contributed by atoms with Gasteiger partial charge in [-0.05, 0) is 30.0 Å². The Labute approximate surface area is 118 Å². The van der Waals surface area contributed by atoms with Gasteiger partial charge in [0.15, 0.2) is 6.10 Å². The molecule has 0 aliphatic carbocycles. The number of nitrogens with zero attached hydrogens (tertiary/aromatic N) is 1. The summed E-state index contributed by atoms with van der Waals surface area (Å²) in [6.07, 6.45) is -0.0907. The van der Waals surface area contributed by atoms with E-state index >= 15 is 0 Å². The molecule has 5 heteroatoms. The molecule has 0 aromatic heterocycles. The molecule has 1 aliphatic heterocycles. The zero-order valence-corrected chi connectivity index (χ0v) is 11.9. The molecule has 1 heterocycles. The average molecular weight is 277 g/mol. The van der Waals surface area contributed by atoms with E-state index in [2.05, 4.69) is 0 Å². The minimum atomic E-state index is -1.03. The number of anilines is 1. The lowest BCUT2D eigenvalue weighted by atomic mass is 10.0. The number of aliphatic carboxylic acids is 1. The fraction of sp³-hybridized carbons (Fsp3) is 0.467. The predicted molar refractivity (Wildman–Crippen MR) is 75.2 cm³/mol. The van der Waals surface area contributed by atoms with Gasteiger partial charge in [-0.1, -0.05) is 26.8 Å². The van der Waals surface area contributed by atoms with Crippen LogP contribution < -0.4 is 9.64 Å². The monoisotopic (exact) mass is 277 g/mol. The third kappa shape index (κ3) is 2.61. The SMILES string of the molecule is CCC1Oc2ccc(C(C)C)cc2N(CC(=O)O)C1=O. The maximum Gasteiger partial charge on any atom is 0.323 e. The highest BCUT2D eigenvalue weighted by Crippen LogP contribution is 2.36. The summed E-state index contributed by atoms with van der Waals surface area (Å²) in [7, 11) is 0. The Morgan fingerprint density at radius 1 is 1.45 bits per heavy atom. The Morgan fingerprint density at radius 2 is 2.15 bits per heavy atom. The Morgan fingerprint density at radius 3 is 2.70 bits per heavy atom. The summed E-state index contributed by atoms with van der Waals surface area (Å²) < 4.78 is 5.66. The number of hydrogen-bond donors (Lipinski definition) is 1. The number of carboxylic acid groups (broad SMARTS) is 1. The van der Waals surface area contributed by atoms with Crippen molar-refractivity contribution in [2.45, 2.75) is 39.2 Å². The number of carbonyl (C=O) groups is 2.